The van der Waals surface area contributed by atoms with Gasteiger partial charge in [0.15, 0.2) is 0 Å². The minimum atomic E-state index is -4.47. The molecule has 2 unspecified atom stereocenters. The number of nitrogens with zero attached hydrogens (tertiary/aromatic N) is 2. The van der Waals surface area contributed by atoms with Crippen LogP contribution in [0.5, 0.6) is 0 Å². The smallest absolute Gasteiger partial charge is 0.380 e. The lowest BCUT2D eigenvalue weighted by Crippen LogP contribution is -2.32. The van der Waals surface area contributed by atoms with Crippen molar-refractivity contribution in [2.24, 2.45) is 5.92 Å². The van der Waals surface area contributed by atoms with E-state index in [1.54, 1.807) is 0 Å². The fourth-order valence-electron chi connectivity index (χ4n) is 2.41. The number of rotatable bonds is 3. The fourth-order valence-corrected chi connectivity index (χ4v) is 2.83. The summed E-state index contributed by atoms with van der Waals surface area (Å²) in [6, 6.07) is 0.228. The van der Waals surface area contributed by atoms with E-state index in [0.717, 1.165) is 19.3 Å². The standard InChI is InChI=1S/C12H15BrF3N3O/c1-7-3-2-4-8(7)18-9-5-17-19(6-12(14,15)16)11(20)10(9)13/h5,7-8,18H,2-4,6H2,1H3. The van der Waals surface area contributed by atoms with Gasteiger partial charge in [-0.15, -0.1) is 0 Å². The molecule has 20 heavy (non-hydrogen) atoms. The molecule has 0 aromatic carbocycles. The summed E-state index contributed by atoms with van der Waals surface area (Å²) in [5, 5.41) is 6.77. The van der Waals surface area contributed by atoms with Gasteiger partial charge < -0.3 is 5.32 Å². The predicted octanol–water partition coefficient (Wildman–Crippen LogP) is 3.17. The molecule has 0 saturated heterocycles. The Morgan fingerprint density at radius 3 is 2.75 bits per heavy atom. The maximum absolute atomic E-state index is 12.3. The molecule has 0 amide bonds. The molecule has 0 spiro atoms. The summed E-state index contributed by atoms with van der Waals surface area (Å²) in [7, 11) is 0. The van der Waals surface area contributed by atoms with E-state index in [2.05, 4.69) is 33.3 Å². The molecule has 4 nitrogen and oxygen atoms in total. The van der Waals surface area contributed by atoms with Gasteiger partial charge in [0.05, 0.1) is 11.9 Å². The molecule has 2 rings (SSSR count). The molecule has 8 heteroatoms. The predicted molar refractivity (Wildman–Crippen MR) is 72.7 cm³/mol. The van der Waals surface area contributed by atoms with Crippen molar-refractivity contribution in [2.45, 2.75) is 44.9 Å². The van der Waals surface area contributed by atoms with Gasteiger partial charge in [0, 0.05) is 6.04 Å². The summed E-state index contributed by atoms with van der Waals surface area (Å²) in [5.74, 6) is 0.472. The van der Waals surface area contributed by atoms with Crippen molar-refractivity contribution < 1.29 is 13.2 Å². The van der Waals surface area contributed by atoms with E-state index in [0.29, 0.717) is 16.3 Å². The third kappa shape index (κ3) is 3.53. The molecule has 2 atom stereocenters. The molecular formula is C12H15BrF3N3O. The zero-order valence-corrected chi connectivity index (χ0v) is 12.5. The normalized spacial score (nSPS) is 23.1. The summed E-state index contributed by atoms with van der Waals surface area (Å²) in [6.07, 6.45) is -0.00441. The third-order valence-electron chi connectivity index (χ3n) is 3.52. The molecule has 1 aromatic rings. The number of hydrogen-bond donors (Lipinski definition) is 1. The lowest BCUT2D eigenvalue weighted by molar-refractivity contribution is -0.143. The maximum atomic E-state index is 12.3. The Balaban J connectivity index is 2.20. The molecule has 1 aromatic heterocycles. The van der Waals surface area contributed by atoms with Crippen LogP contribution in [0.4, 0.5) is 18.9 Å². The minimum Gasteiger partial charge on any atom is -0.380 e. The first-order valence-corrected chi connectivity index (χ1v) is 7.16. The van der Waals surface area contributed by atoms with Crippen molar-refractivity contribution in [1.82, 2.24) is 9.78 Å². The van der Waals surface area contributed by atoms with Gasteiger partial charge in [0.2, 0.25) is 0 Å². The van der Waals surface area contributed by atoms with Crippen molar-refractivity contribution in [3.63, 3.8) is 0 Å². The molecule has 1 heterocycles. The Morgan fingerprint density at radius 1 is 1.50 bits per heavy atom. The highest BCUT2D eigenvalue weighted by Gasteiger charge is 2.30. The number of nitrogens with one attached hydrogen (secondary N) is 1. The summed E-state index contributed by atoms with van der Waals surface area (Å²) < 4.78 is 37.4. The van der Waals surface area contributed by atoms with Crippen LogP contribution in [0.2, 0.25) is 0 Å². The van der Waals surface area contributed by atoms with E-state index in [9.17, 15) is 18.0 Å². The van der Waals surface area contributed by atoms with Crippen LogP contribution in [0.3, 0.4) is 0 Å². The maximum Gasteiger partial charge on any atom is 0.408 e. The number of aromatic nitrogens is 2. The Morgan fingerprint density at radius 2 is 2.20 bits per heavy atom. The Hall–Kier alpha value is -1.05. The number of alkyl halides is 3. The molecule has 0 radical (unpaired) electrons. The van der Waals surface area contributed by atoms with E-state index < -0.39 is 18.3 Å². The zero-order valence-electron chi connectivity index (χ0n) is 10.9. The fraction of sp³-hybridized carbons (Fsp3) is 0.667. The zero-order chi connectivity index (χ0) is 14.9. The monoisotopic (exact) mass is 353 g/mol. The van der Waals surface area contributed by atoms with Crippen molar-refractivity contribution in [3.8, 4) is 0 Å². The highest BCUT2D eigenvalue weighted by atomic mass is 79.9. The summed E-state index contributed by atoms with van der Waals surface area (Å²) >= 11 is 3.06. The molecule has 1 aliphatic carbocycles. The van der Waals surface area contributed by atoms with E-state index in [1.807, 2.05) is 0 Å². The summed E-state index contributed by atoms with van der Waals surface area (Å²) in [6.45, 7) is 0.724. The first-order valence-electron chi connectivity index (χ1n) is 6.37. The van der Waals surface area contributed by atoms with E-state index >= 15 is 0 Å². The van der Waals surface area contributed by atoms with Crippen LogP contribution in [0.15, 0.2) is 15.5 Å². The molecule has 1 saturated carbocycles. The number of anilines is 1. The second-order valence-corrected chi connectivity index (χ2v) is 5.90. The summed E-state index contributed by atoms with van der Waals surface area (Å²) in [4.78, 5) is 11.8. The van der Waals surface area contributed by atoms with Crippen LogP contribution >= 0.6 is 15.9 Å². The molecule has 1 aliphatic rings. The van der Waals surface area contributed by atoms with E-state index in [1.165, 1.54) is 6.20 Å². The van der Waals surface area contributed by atoms with Gasteiger partial charge in [-0.1, -0.05) is 13.3 Å². The average Bonchev–Trinajstić information content (AvgIpc) is 2.73. The average molecular weight is 354 g/mol. The third-order valence-corrected chi connectivity index (χ3v) is 4.28. The van der Waals surface area contributed by atoms with Crippen LogP contribution in [-0.4, -0.2) is 22.0 Å². The molecular weight excluding hydrogens is 339 g/mol. The van der Waals surface area contributed by atoms with Gasteiger partial charge in [0.1, 0.15) is 11.0 Å². The van der Waals surface area contributed by atoms with Gasteiger partial charge in [-0.05, 0) is 34.7 Å². The first-order chi connectivity index (χ1) is 9.28. The molecule has 0 aliphatic heterocycles. The van der Waals surface area contributed by atoms with Gasteiger partial charge >= 0.3 is 6.18 Å². The Bertz CT molecular complexity index is 544. The summed E-state index contributed by atoms with van der Waals surface area (Å²) in [5.41, 5.74) is -0.329. The van der Waals surface area contributed by atoms with Crippen LogP contribution in [0.25, 0.3) is 0 Å². The molecule has 1 fully saturated rings. The van der Waals surface area contributed by atoms with Crippen molar-refractivity contribution in [3.05, 3.63) is 21.0 Å². The van der Waals surface area contributed by atoms with Gasteiger partial charge in [-0.2, -0.15) is 18.3 Å². The van der Waals surface area contributed by atoms with Crippen LogP contribution in [0.1, 0.15) is 26.2 Å². The van der Waals surface area contributed by atoms with Gasteiger partial charge in [-0.25, -0.2) is 4.68 Å². The van der Waals surface area contributed by atoms with Crippen molar-refractivity contribution in [1.29, 1.82) is 0 Å². The van der Waals surface area contributed by atoms with Crippen LogP contribution in [0, 0.1) is 5.92 Å². The highest BCUT2D eigenvalue weighted by molar-refractivity contribution is 9.10. The minimum absolute atomic E-state index is 0.0934. The topological polar surface area (TPSA) is 46.9 Å². The lowest BCUT2D eigenvalue weighted by Gasteiger charge is -2.19. The Labute approximate surface area is 122 Å². The number of halogens is 4. The van der Waals surface area contributed by atoms with E-state index in [4.69, 9.17) is 0 Å². The van der Waals surface area contributed by atoms with Gasteiger partial charge in [0.25, 0.3) is 5.56 Å². The van der Waals surface area contributed by atoms with Gasteiger partial charge in [-0.3, -0.25) is 4.79 Å². The van der Waals surface area contributed by atoms with Crippen LogP contribution in [-0.2, 0) is 6.54 Å². The highest BCUT2D eigenvalue weighted by Crippen LogP contribution is 2.29. The molecule has 112 valence electrons. The first kappa shape index (κ1) is 15.3. The second-order valence-electron chi connectivity index (χ2n) is 5.11. The molecule has 0 bridgehead atoms. The second kappa shape index (κ2) is 5.75. The lowest BCUT2D eigenvalue weighted by atomic mass is 10.1. The SMILES string of the molecule is CC1CCCC1Nc1cnn(CC(F)(F)F)c(=O)c1Br. The number of hydrogen-bond acceptors (Lipinski definition) is 3. The van der Waals surface area contributed by atoms with Crippen molar-refractivity contribution in [2.75, 3.05) is 5.32 Å². The van der Waals surface area contributed by atoms with E-state index in [-0.39, 0.29) is 10.5 Å². The Kier molecular flexibility index (Phi) is 4.41. The quantitative estimate of drug-likeness (QED) is 0.907. The van der Waals surface area contributed by atoms with Crippen LogP contribution < -0.4 is 10.9 Å². The van der Waals surface area contributed by atoms with Crippen molar-refractivity contribution >= 4 is 21.6 Å². The largest absolute Gasteiger partial charge is 0.408 e. The molecule has 1 N–H and O–H groups in total.